The number of halogens is 5. The average molecular weight is 508 g/mol. The molecule has 1 unspecified atom stereocenters. The van der Waals surface area contributed by atoms with Crippen molar-refractivity contribution in [1.29, 1.82) is 0 Å². The number of rotatable bonds is 3. The maximum atomic E-state index is 13.6. The van der Waals surface area contributed by atoms with Crippen molar-refractivity contribution in [3.05, 3.63) is 58.8 Å². The summed E-state index contributed by atoms with van der Waals surface area (Å²) in [5, 5.41) is 9.14. The van der Waals surface area contributed by atoms with Gasteiger partial charge >= 0.3 is 6.18 Å². The highest BCUT2D eigenvalue weighted by molar-refractivity contribution is 6.30. The second-order valence-electron chi connectivity index (χ2n) is 9.69. The zero-order valence-electron chi connectivity index (χ0n) is 18.8. The molecule has 7 nitrogen and oxygen atoms in total. The van der Waals surface area contributed by atoms with Gasteiger partial charge in [-0.2, -0.15) is 13.2 Å². The topological polar surface area (TPSA) is 53.3 Å². The quantitative estimate of drug-likeness (QED) is 0.499. The fraction of sp³-hybridized carbons (Fsp3) is 0.435. The third-order valence-corrected chi connectivity index (χ3v) is 7.39. The van der Waals surface area contributed by atoms with Crippen molar-refractivity contribution < 1.29 is 17.6 Å². The van der Waals surface area contributed by atoms with Crippen LogP contribution in [0.25, 0.3) is 5.69 Å². The highest BCUT2D eigenvalue weighted by atomic mass is 35.5. The van der Waals surface area contributed by atoms with Crippen LogP contribution in [0.4, 0.5) is 29.3 Å². The maximum Gasteiger partial charge on any atom is 0.403 e. The first kappa shape index (κ1) is 22.5. The van der Waals surface area contributed by atoms with Gasteiger partial charge in [0.2, 0.25) is 5.95 Å². The maximum absolute atomic E-state index is 13.6. The molecule has 1 spiro atoms. The fourth-order valence-corrected chi connectivity index (χ4v) is 5.48. The van der Waals surface area contributed by atoms with Gasteiger partial charge in [0.15, 0.2) is 5.82 Å². The zero-order valence-corrected chi connectivity index (χ0v) is 19.6. The van der Waals surface area contributed by atoms with E-state index in [1.807, 2.05) is 10.6 Å². The highest BCUT2D eigenvalue weighted by Crippen LogP contribution is 2.44. The van der Waals surface area contributed by atoms with Gasteiger partial charge in [0, 0.05) is 43.2 Å². The number of benzene rings is 1. The van der Waals surface area contributed by atoms with Crippen LogP contribution in [0.5, 0.6) is 0 Å². The molecule has 3 aromatic rings. The minimum atomic E-state index is -4.36. The average Bonchev–Trinajstić information content (AvgIpc) is 3.07. The lowest BCUT2D eigenvalue weighted by Gasteiger charge is -2.60. The molecule has 0 aliphatic carbocycles. The van der Waals surface area contributed by atoms with Gasteiger partial charge in [-0.05, 0) is 42.8 Å². The zero-order chi connectivity index (χ0) is 24.5. The molecule has 2 aromatic heterocycles. The van der Waals surface area contributed by atoms with E-state index in [1.54, 1.807) is 18.2 Å². The summed E-state index contributed by atoms with van der Waals surface area (Å²) in [6.07, 6.45) is -3.15. The van der Waals surface area contributed by atoms with Gasteiger partial charge in [0.05, 0.1) is 18.4 Å². The van der Waals surface area contributed by atoms with E-state index in [9.17, 15) is 17.6 Å². The number of hydrogen-bond acceptors (Lipinski definition) is 6. The Morgan fingerprint density at radius 2 is 1.74 bits per heavy atom. The first-order valence-electron chi connectivity index (χ1n) is 11.3. The van der Waals surface area contributed by atoms with Crippen molar-refractivity contribution in [2.24, 2.45) is 5.41 Å². The number of nitrogens with zero attached hydrogens (tertiary/aromatic N) is 7. The number of pyridine rings is 1. The summed E-state index contributed by atoms with van der Waals surface area (Å²) in [7, 11) is 0. The van der Waals surface area contributed by atoms with Crippen molar-refractivity contribution in [2.75, 3.05) is 36.0 Å². The van der Waals surface area contributed by atoms with Gasteiger partial charge in [-0.15, -0.1) is 10.2 Å². The van der Waals surface area contributed by atoms with E-state index in [1.165, 1.54) is 17.2 Å². The minimum Gasteiger partial charge on any atom is -0.355 e. The largest absolute Gasteiger partial charge is 0.403 e. The van der Waals surface area contributed by atoms with Gasteiger partial charge in [-0.3, -0.25) is 9.47 Å². The SMILES string of the molecule is CC(N1Cc2cc(Cl)ccc2-n2c(nnc2N2CC3(CN(c4ccc(F)cn4)C3)C2)C1)C(F)(F)F. The van der Waals surface area contributed by atoms with Crippen molar-refractivity contribution >= 4 is 23.4 Å². The Balaban J connectivity index is 1.25. The Morgan fingerprint density at radius 1 is 1.00 bits per heavy atom. The van der Waals surface area contributed by atoms with Gasteiger partial charge < -0.3 is 9.80 Å². The molecule has 0 amide bonds. The molecular formula is C23H22ClF4N7. The summed E-state index contributed by atoms with van der Waals surface area (Å²) in [6, 6.07) is 6.69. The molecule has 1 atom stereocenters. The lowest BCUT2D eigenvalue weighted by Crippen LogP contribution is -2.73. The monoisotopic (exact) mass is 507 g/mol. The molecule has 6 rings (SSSR count). The Bertz CT molecular complexity index is 1260. The first-order chi connectivity index (χ1) is 16.6. The van der Waals surface area contributed by atoms with E-state index in [-0.39, 0.29) is 24.3 Å². The molecule has 12 heteroatoms. The molecule has 0 bridgehead atoms. The minimum absolute atomic E-state index is 0.0168. The predicted molar refractivity (Wildman–Crippen MR) is 122 cm³/mol. The van der Waals surface area contributed by atoms with Crippen LogP contribution in [0.3, 0.4) is 0 Å². The van der Waals surface area contributed by atoms with Crippen molar-refractivity contribution in [2.45, 2.75) is 32.2 Å². The van der Waals surface area contributed by atoms with Crippen LogP contribution in [0.1, 0.15) is 18.3 Å². The van der Waals surface area contributed by atoms with Gasteiger partial charge in [0.25, 0.3) is 0 Å². The molecule has 3 aliphatic heterocycles. The molecule has 1 aromatic carbocycles. The molecule has 35 heavy (non-hydrogen) atoms. The van der Waals surface area contributed by atoms with Crippen molar-refractivity contribution in [1.82, 2.24) is 24.6 Å². The number of alkyl halides is 3. The number of aromatic nitrogens is 4. The van der Waals surface area contributed by atoms with Crippen LogP contribution in [0.15, 0.2) is 36.5 Å². The summed E-state index contributed by atoms with van der Waals surface area (Å²) in [4.78, 5) is 9.71. The molecular weight excluding hydrogens is 486 g/mol. The lowest BCUT2D eigenvalue weighted by molar-refractivity contribution is -0.182. The first-order valence-corrected chi connectivity index (χ1v) is 11.7. The second kappa shape index (κ2) is 7.79. The van der Waals surface area contributed by atoms with Crippen LogP contribution < -0.4 is 9.80 Å². The van der Waals surface area contributed by atoms with Crippen LogP contribution in [-0.4, -0.2) is 63.0 Å². The van der Waals surface area contributed by atoms with Crippen LogP contribution in [-0.2, 0) is 13.1 Å². The fourth-order valence-electron chi connectivity index (χ4n) is 5.28. The van der Waals surface area contributed by atoms with Crippen LogP contribution >= 0.6 is 11.6 Å². The molecule has 0 N–H and O–H groups in total. The summed E-state index contributed by atoms with van der Waals surface area (Å²) in [5.41, 5.74) is 1.51. The van der Waals surface area contributed by atoms with E-state index >= 15 is 0 Å². The Morgan fingerprint density at radius 3 is 2.43 bits per heavy atom. The Labute approximate surface area is 203 Å². The molecule has 2 saturated heterocycles. The third-order valence-electron chi connectivity index (χ3n) is 7.16. The second-order valence-corrected chi connectivity index (χ2v) is 10.1. The summed E-state index contributed by atoms with van der Waals surface area (Å²) in [5.74, 6) is 1.46. The Hall–Kier alpha value is -2.92. The molecule has 2 fully saturated rings. The number of fused-ring (bicyclic) bond motifs is 3. The van der Waals surface area contributed by atoms with Crippen molar-refractivity contribution in [3.63, 3.8) is 0 Å². The van der Waals surface area contributed by atoms with Gasteiger partial charge in [-0.25, -0.2) is 9.37 Å². The van der Waals surface area contributed by atoms with Crippen LogP contribution in [0, 0.1) is 11.2 Å². The summed E-state index contributed by atoms with van der Waals surface area (Å²) >= 11 is 6.20. The Kier molecular flexibility index (Phi) is 5.02. The lowest BCUT2D eigenvalue weighted by atomic mass is 9.73. The van der Waals surface area contributed by atoms with E-state index in [4.69, 9.17) is 11.6 Å². The predicted octanol–water partition coefficient (Wildman–Crippen LogP) is 4.05. The number of hydrogen-bond donors (Lipinski definition) is 0. The van der Waals surface area contributed by atoms with E-state index < -0.39 is 12.2 Å². The van der Waals surface area contributed by atoms with Gasteiger partial charge in [0.1, 0.15) is 17.7 Å². The standard InChI is InChI=1S/C23H22ClF4N7/c1-14(23(26,27)28)32-8-15-6-16(24)2-4-18(15)35-20(9-32)30-31-21(35)34-12-22(13-34)10-33(11-22)19-5-3-17(25)7-29-19/h2-7,14H,8-13H2,1H3. The smallest absolute Gasteiger partial charge is 0.355 e. The molecule has 184 valence electrons. The van der Waals surface area contributed by atoms with Gasteiger partial charge in [-0.1, -0.05) is 11.6 Å². The summed E-state index contributed by atoms with van der Waals surface area (Å²) < 4.78 is 55.7. The molecule has 0 saturated carbocycles. The highest BCUT2D eigenvalue weighted by Gasteiger charge is 2.53. The molecule has 5 heterocycles. The molecule has 0 radical (unpaired) electrons. The summed E-state index contributed by atoms with van der Waals surface area (Å²) in [6.45, 7) is 4.36. The third kappa shape index (κ3) is 3.81. The van der Waals surface area contributed by atoms with E-state index in [0.29, 0.717) is 22.4 Å². The van der Waals surface area contributed by atoms with E-state index in [2.05, 4.69) is 25.0 Å². The number of anilines is 2. The van der Waals surface area contributed by atoms with Crippen LogP contribution in [0.2, 0.25) is 5.02 Å². The molecule has 3 aliphatic rings. The van der Waals surface area contributed by atoms with E-state index in [0.717, 1.165) is 44.6 Å². The van der Waals surface area contributed by atoms with Crippen molar-refractivity contribution in [3.8, 4) is 5.69 Å². The normalized spacial score (nSPS) is 20.1.